The van der Waals surface area contributed by atoms with Crippen LogP contribution in [0.3, 0.4) is 0 Å². The molecule has 0 aliphatic rings. The fraction of sp³-hybridized carbons (Fsp3) is 0.0938. The van der Waals surface area contributed by atoms with Crippen LogP contribution in [0.4, 0.5) is 8.78 Å². The lowest BCUT2D eigenvalue weighted by Gasteiger charge is -2.14. The molecule has 0 bridgehead atoms. The van der Waals surface area contributed by atoms with Crippen molar-refractivity contribution in [1.29, 1.82) is 0 Å². The van der Waals surface area contributed by atoms with Crippen LogP contribution in [0.5, 0.6) is 0 Å². The summed E-state index contributed by atoms with van der Waals surface area (Å²) in [5.41, 5.74) is 11.6. The van der Waals surface area contributed by atoms with Crippen LogP contribution in [0.15, 0.2) is 97.6 Å². The predicted molar refractivity (Wildman–Crippen MR) is 152 cm³/mol. The first-order chi connectivity index (χ1) is 19.3. The molecule has 40 heavy (non-hydrogen) atoms. The Labute approximate surface area is 229 Å². The van der Waals surface area contributed by atoms with Gasteiger partial charge in [0.15, 0.2) is 5.78 Å². The molecule has 2 N–H and O–H groups in total. The van der Waals surface area contributed by atoms with E-state index in [4.69, 9.17) is 5.73 Å². The maximum absolute atomic E-state index is 13.6. The van der Waals surface area contributed by atoms with E-state index in [2.05, 4.69) is 19.9 Å². The second-order valence-electron chi connectivity index (χ2n) is 9.23. The lowest BCUT2D eigenvalue weighted by Crippen LogP contribution is -2.08. The zero-order valence-electron chi connectivity index (χ0n) is 21.8. The molecule has 198 valence electrons. The van der Waals surface area contributed by atoms with E-state index in [1.165, 1.54) is 37.4 Å². The number of ketones is 1. The number of benzene rings is 2. The SMILES string of the molecule is CC(=O)c1cnc2ccc(F)cc2c1-c1ccccn1.CC(N)c1cnc2ccc(F)cc2c1-c1ccccn1. The van der Waals surface area contributed by atoms with Gasteiger partial charge in [-0.1, -0.05) is 12.1 Å². The number of carbonyl (C=O) groups is 1. The molecule has 4 heterocycles. The topological polar surface area (TPSA) is 94.7 Å². The van der Waals surface area contributed by atoms with Crippen molar-refractivity contribution in [2.45, 2.75) is 19.9 Å². The molecule has 0 fully saturated rings. The number of hydrogen-bond donors (Lipinski definition) is 1. The van der Waals surface area contributed by atoms with Crippen LogP contribution >= 0.6 is 0 Å². The van der Waals surface area contributed by atoms with Gasteiger partial charge in [-0.3, -0.25) is 24.7 Å². The van der Waals surface area contributed by atoms with Crippen molar-refractivity contribution < 1.29 is 13.6 Å². The highest BCUT2D eigenvalue weighted by molar-refractivity contribution is 6.08. The lowest BCUT2D eigenvalue weighted by molar-refractivity contribution is 0.101. The van der Waals surface area contributed by atoms with E-state index in [0.29, 0.717) is 27.7 Å². The van der Waals surface area contributed by atoms with Crippen LogP contribution in [0.1, 0.15) is 35.8 Å². The minimum absolute atomic E-state index is 0.121. The first-order valence-corrected chi connectivity index (χ1v) is 12.6. The number of rotatable bonds is 4. The Hall–Kier alpha value is -4.95. The second-order valence-corrected chi connectivity index (χ2v) is 9.23. The third-order valence-electron chi connectivity index (χ3n) is 6.40. The average Bonchev–Trinajstić information content (AvgIpc) is 2.97. The Bertz CT molecular complexity index is 1830. The van der Waals surface area contributed by atoms with Gasteiger partial charge in [-0.25, -0.2) is 8.78 Å². The number of nitrogens with zero attached hydrogens (tertiary/aromatic N) is 4. The summed E-state index contributed by atoms with van der Waals surface area (Å²) in [5, 5.41) is 1.33. The van der Waals surface area contributed by atoms with Crippen LogP contribution in [0, 0.1) is 11.6 Å². The third kappa shape index (κ3) is 5.43. The van der Waals surface area contributed by atoms with Crippen LogP contribution in [0.2, 0.25) is 0 Å². The average molecular weight is 534 g/mol. The third-order valence-corrected chi connectivity index (χ3v) is 6.40. The van der Waals surface area contributed by atoms with Crippen LogP contribution in [0.25, 0.3) is 44.3 Å². The maximum Gasteiger partial charge on any atom is 0.162 e. The number of hydrogen-bond acceptors (Lipinski definition) is 6. The predicted octanol–water partition coefficient (Wildman–Crippen LogP) is 7.09. The number of fused-ring (bicyclic) bond motifs is 2. The summed E-state index contributed by atoms with van der Waals surface area (Å²) in [6.07, 6.45) is 6.62. The number of aromatic nitrogens is 4. The standard InChI is InChI=1S/C16H14FN3.C16H11FN2O/c1-10(18)13-9-20-14-6-5-11(17)8-12(14)16(13)15-4-2-3-7-19-15;1-10(20)13-9-19-14-6-5-11(17)8-12(14)16(13)15-4-2-3-7-18-15/h2-10H,18H2,1H3;2-9H,1H3. The number of Topliss-reactive ketones (excluding diaryl/α,β-unsaturated/α-hetero) is 1. The van der Waals surface area contributed by atoms with Gasteiger partial charge in [-0.05, 0) is 80.1 Å². The highest BCUT2D eigenvalue weighted by Gasteiger charge is 2.16. The van der Waals surface area contributed by atoms with E-state index < -0.39 is 0 Å². The van der Waals surface area contributed by atoms with Crippen molar-refractivity contribution in [2.24, 2.45) is 5.73 Å². The minimum atomic E-state index is -0.364. The molecule has 0 saturated heterocycles. The smallest absolute Gasteiger partial charge is 0.162 e. The molecule has 1 atom stereocenters. The molecule has 4 aromatic heterocycles. The van der Waals surface area contributed by atoms with Crippen molar-refractivity contribution in [3.8, 4) is 22.5 Å². The van der Waals surface area contributed by atoms with Crippen LogP contribution in [-0.4, -0.2) is 25.7 Å². The Morgan fingerprint density at radius 1 is 0.725 bits per heavy atom. The van der Waals surface area contributed by atoms with Crippen molar-refractivity contribution in [3.63, 3.8) is 0 Å². The lowest BCUT2D eigenvalue weighted by atomic mass is 9.96. The summed E-state index contributed by atoms with van der Waals surface area (Å²) in [6.45, 7) is 3.35. The van der Waals surface area contributed by atoms with E-state index in [0.717, 1.165) is 27.7 Å². The molecule has 8 heteroatoms. The first-order valence-electron chi connectivity index (χ1n) is 12.6. The molecule has 0 spiro atoms. The zero-order chi connectivity index (χ0) is 28.2. The summed E-state index contributed by atoms with van der Waals surface area (Å²) in [5.74, 6) is -0.778. The largest absolute Gasteiger partial charge is 0.324 e. The van der Waals surface area contributed by atoms with Gasteiger partial charge in [-0.2, -0.15) is 0 Å². The molecule has 6 aromatic rings. The quantitative estimate of drug-likeness (QED) is 0.243. The first kappa shape index (κ1) is 26.6. The Balaban J connectivity index is 0.000000161. The van der Waals surface area contributed by atoms with Gasteiger partial charge in [0, 0.05) is 58.3 Å². The minimum Gasteiger partial charge on any atom is -0.324 e. The van der Waals surface area contributed by atoms with Gasteiger partial charge < -0.3 is 5.73 Å². The molecule has 1 unspecified atom stereocenters. The highest BCUT2D eigenvalue weighted by Crippen LogP contribution is 2.33. The van der Waals surface area contributed by atoms with E-state index in [9.17, 15) is 13.6 Å². The number of nitrogens with two attached hydrogens (primary N) is 1. The summed E-state index contributed by atoms with van der Waals surface area (Å²) >= 11 is 0. The van der Waals surface area contributed by atoms with Crippen LogP contribution in [-0.2, 0) is 0 Å². The Kier molecular flexibility index (Phi) is 7.61. The molecule has 0 saturated carbocycles. The second kappa shape index (κ2) is 11.4. The molecule has 2 aromatic carbocycles. The summed E-state index contributed by atoms with van der Waals surface area (Å²) < 4.78 is 27.1. The van der Waals surface area contributed by atoms with E-state index in [1.807, 2.05) is 31.2 Å². The fourth-order valence-electron chi connectivity index (χ4n) is 4.54. The summed E-state index contributed by atoms with van der Waals surface area (Å²) in [6, 6.07) is 19.8. The van der Waals surface area contributed by atoms with Crippen molar-refractivity contribution in [3.05, 3.63) is 120 Å². The molecule has 6 rings (SSSR count). The number of halogens is 2. The molecule has 6 nitrogen and oxygen atoms in total. The molecule has 0 aliphatic heterocycles. The van der Waals surface area contributed by atoms with Crippen molar-refractivity contribution in [1.82, 2.24) is 19.9 Å². The van der Waals surface area contributed by atoms with Gasteiger partial charge in [0.1, 0.15) is 11.6 Å². The molecule has 0 aliphatic carbocycles. The Morgan fingerprint density at radius 2 is 1.25 bits per heavy atom. The zero-order valence-corrected chi connectivity index (χ0v) is 21.8. The molecular weight excluding hydrogens is 508 g/mol. The fourth-order valence-corrected chi connectivity index (χ4v) is 4.54. The van der Waals surface area contributed by atoms with Gasteiger partial charge in [0.2, 0.25) is 0 Å². The van der Waals surface area contributed by atoms with Crippen LogP contribution < -0.4 is 5.73 Å². The highest BCUT2D eigenvalue weighted by atomic mass is 19.1. The summed E-state index contributed by atoms with van der Waals surface area (Å²) in [4.78, 5) is 29.0. The maximum atomic E-state index is 13.6. The van der Waals surface area contributed by atoms with Gasteiger partial charge in [0.05, 0.1) is 22.4 Å². The van der Waals surface area contributed by atoms with Gasteiger partial charge in [0.25, 0.3) is 0 Å². The number of pyridine rings is 4. The van der Waals surface area contributed by atoms with Crippen molar-refractivity contribution >= 4 is 27.6 Å². The molecule has 0 amide bonds. The number of carbonyl (C=O) groups excluding carboxylic acids is 1. The monoisotopic (exact) mass is 533 g/mol. The Morgan fingerprint density at radius 3 is 1.75 bits per heavy atom. The van der Waals surface area contributed by atoms with Crippen molar-refractivity contribution in [2.75, 3.05) is 0 Å². The van der Waals surface area contributed by atoms with E-state index in [1.54, 1.807) is 42.9 Å². The molecular formula is C32H25F2N5O. The van der Waals surface area contributed by atoms with E-state index in [-0.39, 0.29) is 23.5 Å². The summed E-state index contributed by atoms with van der Waals surface area (Å²) in [7, 11) is 0. The normalized spacial score (nSPS) is 11.6. The van der Waals surface area contributed by atoms with Gasteiger partial charge >= 0.3 is 0 Å². The molecule has 0 radical (unpaired) electrons. The van der Waals surface area contributed by atoms with Gasteiger partial charge in [-0.15, -0.1) is 0 Å². The van der Waals surface area contributed by atoms with E-state index >= 15 is 0 Å².